The standard InChI is InChI=1S/C35H43N7O2.C21H26N6O3/c1-40(2)28-11-7-25(8-12-28)38-35-29-13-9-26(36-33(43)15-21-41-17-3-4-18-41)23-31(29)39-32-24-27(10-14-30(32)35)37-34(44)16-22-42-19-5-6-20-42;1-13-12-29-7-6-26(13)19-8-17(21(28)9-14-2-3-15(10-21)30-14)16-11-23-27(20(16)24-19)18-4-5-22-25-18/h7-14,23-24H,3-6,15-22H2,1-2H3,(H,36,43)(H,37,44)(H,38,39);4-5,8,11,13-15,28H,2-3,6-7,9-10,12H2,1H3,(H,22,25). The number of amides is 2. The Balaban J connectivity index is 0.000000170. The lowest BCUT2D eigenvalue weighted by atomic mass is 9.82. The van der Waals surface area contributed by atoms with Crippen molar-refractivity contribution in [1.29, 1.82) is 0 Å². The van der Waals surface area contributed by atoms with E-state index in [9.17, 15) is 14.7 Å². The highest BCUT2D eigenvalue weighted by molar-refractivity contribution is 6.10. The molecule has 9 heterocycles. The van der Waals surface area contributed by atoms with Gasteiger partial charge >= 0.3 is 0 Å². The number of aromatic amines is 1. The van der Waals surface area contributed by atoms with E-state index in [0.29, 0.717) is 38.9 Å². The number of hydrogen-bond donors (Lipinski definition) is 5. The monoisotopic (exact) mass is 1000 g/mol. The third kappa shape index (κ3) is 10.9. The summed E-state index contributed by atoms with van der Waals surface area (Å²) in [5.74, 6) is 1.61. The molecule has 7 aromatic rings. The fourth-order valence-corrected chi connectivity index (χ4v) is 11.5. The van der Waals surface area contributed by atoms with Gasteiger partial charge in [-0.2, -0.15) is 14.9 Å². The SMILES string of the molecule is CC1COCCN1c1cc(C2(O)CC3CCC(C2)O3)c2cnn(-c3ccn[nH]3)c2n1.CN(C)c1ccc(Nc2c3ccc(NC(=O)CCN4CCCC4)cc3nc3cc(NC(=O)CCN4CCCC4)ccc23)cc1. The average molecular weight is 1000 g/mol. The van der Waals surface area contributed by atoms with Crippen molar-refractivity contribution >= 4 is 78.9 Å². The molecule has 18 nitrogen and oxygen atoms in total. The van der Waals surface area contributed by atoms with E-state index >= 15 is 0 Å². The minimum absolute atomic E-state index is 0.00954. The minimum atomic E-state index is -0.947. The molecule has 74 heavy (non-hydrogen) atoms. The number of carbonyl (C=O) groups excluding carboxylic acids is 2. The van der Waals surface area contributed by atoms with E-state index in [-0.39, 0.29) is 30.1 Å². The molecular formula is C56H69N13O5. The average Bonchev–Trinajstić information content (AvgIpc) is 4.29. The van der Waals surface area contributed by atoms with E-state index in [1.807, 2.05) is 56.6 Å². The van der Waals surface area contributed by atoms with Crippen LogP contribution in [-0.2, 0) is 24.7 Å². The number of aromatic nitrogens is 6. The van der Waals surface area contributed by atoms with E-state index in [0.717, 1.165) is 137 Å². The molecule has 0 saturated carbocycles. The maximum Gasteiger partial charge on any atom is 0.225 e. The lowest BCUT2D eigenvalue weighted by molar-refractivity contribution is -0.117. The molecule has 2 amide bonds. The van der Waals surface area contributed by atoms with Crippen LogP contribution in [0.15, 0.2) is 85.2 Å². The smallest absolute Gasteiger partial charge is 0.225 e. The van der Waals surface area contributed by atoms with Crippen molar-refractivity contribution in [2.75, 3.05) is 98.9 Å². The van der Waals surface area contributed by atoms with Crippen LogP contribution in [0.25, 0.3) is 38.7 Å². The van der Waals surface area contributed by atoms with Crippen molar-refractivity contribution in [3.8, 4) is 5.82 Å². The number of pyridine rings is 2. The number of rotatable bonds is 14. The van der Waals surface area contributed by atoms with Crippen LogP contribution in [0.1, 0.15) is 76.7 Å². The second-order valence-corrected chi connectivity index (χ2v) is 21.0. The van der Waals surface area contributed by atoms with Crippen LogP contribution in [0, 0.1) is 0 Å². The summed E-state index contributed by atoms with van der Waals surface area (Å²) in [6, 6.07) is 24.2. The number of likely N-dealkylation sites (tertiary alicyclic amines) is 2. The Hall–Kier alpha value is -6.70. The van der Waals surface area contributed by atoms with Gasteiger partial charge in [-0.3, -0.25) is 14.7 Å². The molecule has 0 aliphatic carbocycles. The van der Waals surface area contributed by atoms with Crippen LogP contribution in [0.2, 0.25) is 0 Å². The quantitative estimate of drug-likeness (QED) is 0.0659. The number of H-pyrrole nitrogens is 1. The van der Waals surface area contributed by atoms with Gasteiger partial charge in [-0.25, -0.2) is 9.97 Å². The van der Waals surface area contributed by atoms with E-state index in [2.05, 4.69) is 88.1 Å². The van der Waals surface area contributed by atoms with Gasteiger partial charge in [0.05, 0.1) is 66.2 Å². The van der Waals surface area contributed by atoms with Crippen molar-refractivity contribution in [1.82, 2.24) is 39.7 Å². The Morgan fingerprint density at radius 1 is 0.770 bits per heavy atom. The number of benzene rings is 3. The topological polar surface area (TPSA) is 194 Å². The van der Waals surface area contributed by atoms with Gasteiger partial charge in [0.25, 0.3) is 0 Å². The maximum absolute atomic E-state index is 12.8. The normalized spacial score (nSPS) is 22.1. The summed E-state index contributed by atoms with van der Waals surface area (Å²) >= 11 is 0. The van der Waals surface area contributed by atoms with Gasteiger partial charge < -0.3 is 50.1 Å². The summed E-state index contributed by atoms with van der Waals surface area (Å²) in [5.41, 5.74) is 6.66. The van der Waals surface area contributed by atoms with Crippen molar-refractivity contribution in [2.24, 2.45) is 0 Å². The van der Waals surface area contributed by atoms with Gasteiger partial charge in [0.1, 0.15) is 5.82 Å². The third-order valence-electron chi connectivity index (χ3n) is 15.4. The van der Waals surface area contributed by atoms with Crippen LogP contribution in [0.4, 0.5) is 34.3 Å². The summed E-state index contributed by atoms with van der Waals surface area (Å²) in [6.07, 6.45) is 12.8. The van der Waals surface area contributed by atoms with Gasteiger partial charge in [-0.15, -0.1) is 0 Å². The summed E-state index contributed by atoms with van der Waals surface area (Å²) in [4.78, 5) is 44.6. The molecule has 388 valence electrons. The summed E-state index contributed by atoms with van der Waals surface area (Å²) < 4.78 is 13.4. The van der Waals surface area contributed by atoms with Crippen LogP contribution in [-0.4, -0.2) is 148 Å². The third-order valence-corrected chi connectivity index (χ3v) is 15.4. The van der Waals surface area contributed by atoms with Crippen LogP contribution < -0.4 is 25.8 Å². The Morgan fingerprint density at radius 2 is 1.38 bits per heavy atom. The molecule has 2 bridgehead atoms. The fourth-order valence-electron chi connectivity index (χ4n) is 11.5. The molecule has 12 rings (SSSR count). The highest BCUT2D eigenvalue weighted by Crippen LogP contribution is 2.47. The summed E-state index contributed by atoms with van der Waals surface area (Å²) in [6.45, 7) is 10.1. The molecule has 5 aliphatic heterocycles. The summed E-state index contributed by atoms with van der Waals surface area (Å²) in [5, 5.41) is 36.0. The number of anilines is 6. The number of hydrogen-bond acceptors (Lipinski definition) is 14. The lowest BCUT2D eigenvalue weighted by Gasteiger charge is -2.39. The molecule has 0 spiro atoms. The number of fused-ring (bicyclic) bond motifs is 5. The highest BCUT2D eigenvalue weighted by atomic mass is 16.5. The molecule has 5 N–H and O–H groups in total. The highest BCUT2D eigenvalue weighted by Gasteiger charge is 2.46. The molecule has 3 aromatic carbocycles. The number of morpholine rings is 1. The zero-order valence-electron chi connectivity index (χ0n) is 42.9. The van der Waals surface area contributed by atoms with Crippen molar-refractivity contribution < 1.29 is 24.2 Å². The molecule has 3 atom stereocenters. The number of carbonyl (C=O) groups is 2. The predicted octanol–water partition coefficient (Wildman–Crippen LogP) is 7.94. The van der Waals surface area contributed by atoms with Crippen LogP contribution >= 0.6 is 0 Å². The predicted molar refractivity (Wildman–Crippen MR) is 291 cm³/mol. The van der Waals surface area contributed by atoms with Crippen molar-refractivity contribution in [3.63, 3.8) is 0 Å². The Labute approximate surface area is 431 Å². The second-order valence-electron chi connectivity index (χ2n) is 21.0. The van der Waals surface area contributed by atoms with Gasteiger partial charge in [0.2, 0.25) is 11.8 Å². The largest absolute Gasteiger partial charge is 0.385 e. The number of ether oxygens (including phenoxy) is 2. The molecule has 18 heteroatoms. The first kappa shape index (κ1) is 49.5. The Bertz CT molecular complexity index is 2990. The first-order valence-corrected chi connectivity index (χ1v) is 26.6. The molecular weight excluding hydrogens is 935 g/mol. The van der Waals surface area contributed by atoms with E-state index < -0.39 is 5.60 Å². The number of nitrogens with one attached hydrogen (secondary N) is 4. The van der Waals surface area contributed by atoms with Crippen molar-refractivity contribution in [3.05, 3.63) is 90.8 Å². The van der Waals surface area contributed by atoms with Crippen molar-refractivity contribution in [2.45, 2.75) is 95.0 Å². The van der Waals surface area contributed by atoms with Crippen LogP contribution in [0.5, 0.6) is 0 Å². The minimum Gasteiger partial charge on any atom is -0.385 e. The first-order valence-electron chi connectivity index (χ1n) is 26.6. The second kappa shape index (κ2) is 21.6. The molecule has 5 saturated heterocycles. The van der Waals surface area contributed by atoms with Gasteiger partial charge in [0, 0.05) is 104 Å². The molecule has 5 fully saturated rings. The maximum atomic E-state index is 12.8. The van der Waals surface area contributed by atoms with E-state index in [4.69, 9.17) is 19.4 Å². The zero-order valence-corrected chi connectivity index (χ0v) is 42.9. The Morgan fingerprint density at radius 3 is 1.95 bits per heavy atom. The van der Waals surface area contributed by atoms with E-state index in [1.54, 1.807) is 17.1 Å². The van der Waals surface area contributed by atoms with Gasteiger partial charge in [-0.1, -0.05) is 0 Å². The van der Waals surface area contributed by atoms with Gasteiger partial charge in [0.15, 0.2) is 11.5 Å². The van der Waals surface area contributed by atoms with Gasteiger partial charge in [-0.05, 0) is 144 Å². The number of nitrogens with zero attached hydrogens (tertiary/aromatic N) is 9. The molecule has 0 radical (unpaired) electrons. The molecule has 4 aromatic heterocycles. The zero-order chi connectivity index (χ0) is 50.8. The Kier molecular flexibility index (Phi) is 14.5. The van der Waals surface area contributed by atoms with E-state index in [1.165, 1.54) is 25.7 Å². The molecule has 5 aliphatic rings. The lowest BCUT2D eigenvalue weighted by Crippen LogP contribution is -2.44. The van der Waals surface area contributed by atoms with Crippen LogP contribution in [0.3, 0.4) is 0 Å². The number of aliphatic hydroxyl groups is 1. The molecule has 3 unspecified atom stereocenters. The summed E-state index contributed by atoms with van der Waals surface area (Å²) in [7, 11) is 4.05. The first-order chi connectivity index (χ1) is 36.0. The fraction of sp³-hybridized carbons (Fsp3) is 0.464.